The Hall–Kier alpha value is -1.88. The number of rotatable bonds is 8. The second-order valence-corrected chi connectivity index (χ2v) is 4.95. The molecule has 2 N–H and O–H groups in total. The highest BCUT2D eigenvalue weighted by Crippen LogP contribution is 2.09. The molecule has 0 aliphatic carbocycles. The SMILES string of the molecule is CCCN(CC)CCNC(=O)Nc1ccc(C(C)=O)cc1. The van der Waals surface area contributed by atoms with Crippen molar-refractivity contribution < 1.29 is 9.59 Å². The van der Waals surface area contributed by atoms with Crippen molar-refractivity contribution in [3.63, 3.8) is 0 Å². The molecule has 0 aromatic heterocycles. The first kappa shape index (κ1) is 17.2. The number of amides is 2. The topological polar surface area (TPSA) is 61.4 Å². The summed E-state index contributed by atoms with van der Waals surface area (Å²) in [6, 6.07) is 6.64. The highest BCUT2D eigenvalue weighted by Gasteiger charge is 2.04. The van der Waals surface area contributed by atoms with Gasteiger partial charge in [-0.05, 0) is 50.7 Å². The molecule has 0 bridgehead atoms. The van der Waals surface area contributed by atoms with E-state index in [1.165, 1.54) is 6.92 Å². The molecule has 0 heterocycles. The van der Waals surface area contributed by atoms with Gasteiger partial charge in [-0.1, -0.05) is 13.8 Å². The van der Waals surface area contributed by atoms with Gasteiger partial charge in [-0.25, -0.2) is 4.79 Å². The first-order chi connectivity index (χ1) is 10.1. The van der Waals surface area contributed by atoms with E-state index in [0.717, 1.165) is 26.1 Å². The Kier molecular flexibility index (Phi) is 7.46. The molecular weight excluding hydrogens is 266 g/mol. The molecule has 0 saturated carbocycles. The predicted molar refractivity (Wildman–Crippen MR) is 85.9 cm³/mol. The van der Waals surface area contributed by atoms with Gasteiger partial charge in [0.1, 0.15) is 0 Å². The second kappa shape index (κ2) is 9.13. The lowest BCUT2D eigenvalue weighted by Gasteiger charge is -2.19. The molecule has 0 radical (unpaired) electrons. The third-order valence-electron chi connectivity index (χ3n) is 3.25. The molecule has 0 saturated heterocycles. The molecule has 0 fully saturated rings. The van der Waals surface area contributed by atoms with Crippen LogP contribution in [0.5, 0.6) is 0 Å². The van der Waals surface area contributed by atoms with Crippen LogP contribution in [0.3, 0.4) is 0 Å². The van der Waals surface area contributed by atoms with Crippen molar-refractivity contribution in [2.24, 2.45) is 0 Å². The summed E-state index contributed by atoms with van der Waals surface area (Å²) in [5.41, 5.74) is 1.32. The van der Waals surface area contributed by atoms with E-state index in [4.69, 9.17) is 0 Å². The van der Waals surface area contributed by atoms with Crippen LogP contribution in [0, 0.1) is 0 Å². The van der Waals surface area contributed by atoms with Crippen LogP contribution in [0.15, 0.2) is 24.3 Å². The van der Waals surface area contributed by atoms with Crippen LogP contribution in [0.2, 0.25) is 0 Å². The summed E-state index contributed by atoms with van der Waals surface area (Å²) in [4.78, 5) is 25.2. The van der Waals surface area contributed by atoms with Crippen LogP contribution in [-0.2, 0) is 0 Å². The van der Waals surface area contributed by atoms with E-state index in [0.29, 0.717) is 17.8 Å². The highest BCUT2D eigenvalue weighted by molar-refractivity contribution is 5.95. The molecule has 5 nitrogen and oxygen atoms in total. The summed E-state index contributed by atoms with van der Waals surface area (Å²) < 4.78 is 0. The van der Waals surface area contributed by atoms with Gasteiger partial charge in [0, 0.05) is 24.3 Å². The Bertz CT molecular complexity index is 457. The summed E-state index contributed by atoms with van der Waals surface area (Å²) in [6.07, 6.45) is 1.11. The first-order valence-electron chi connectivity index (χ1n) is 7.45. The molecule has 0 aliphatic rings. The zero-order chi connectivity index (χ0) is 15.7. The number of likely N-dealkylation sites (N-methyl/N-ethyl adjacent to an activating group) is 1. The van der Waals surface area contributed by atoms with Gasteiger partial charge in [-0.2, -0.15) is 0 Å². The van der Waals surface area contributed by atoms with Crippen molar-refractivity contribution in [2.75, 3.05) is 31.5 Å². The third kappa shape index (κ3) is 6.40. The monoisotopic (exact) mass is 291 g/mol. The van der Waals surface area contributed by atoms with Crippen molar-refractivity contribution in [3.05, 3.63) is 29.8 Å². The minimum atomic E-state index is -0.224. The van der Waals surface area contributed by atoms with Gasteiger partial charge in [0.05, 0.1) is 0 Å². The number of anilines is 1. The number of carbonyl (C=O) groups excluding carboxylic acids is 2. The van der Waals surface area contributed by atoms with E-state index in [2.05, 4.69) is 29.4 Å². The van der Waals surface area contributed by atoms with E-state index < -0.39 is 0 Å². The van der Waals surface area contributed by atoms with E-state index in [1.54, 1.807) is 24.3 Å². The van der Waals surface area contributed by atoms with Crippen molar-refractivity contribution in [1.82, 2.24) is 10.2 Å². The van der Waals surface area contributed by atoms with Gasteiger partial charge in [0.2, 0.25) is 0 Å². The number of nitrogens with one attached hydrogen (secondary N) is 2. The molecular formula is C16H25N3O2. The van der Waals surface area contributed by atoms with Crippen LogP contribution < -0.4 is 10.6 Å². The fourth-order valence-corrected chi connectivity index (χ4v) is 2.04. The average molecular weight is 291 g/mol. The van der Waals surface area contributed by atoms with E-state index in [9.17, 15) is 9.59 Å². The van der Waals surface area contributed by atoms with Crippen LogP contribution >= 0.6 is 0 Å². The number of ketones is 1. The van der Waals surface area contributed by atoms with Gasteiger partial charge in [-0.15, -0.1) is 0 Å². The Morgan fingerprint density at radius 3 is 2.29 bits per heavy atom. The lowest BCUT2D eigenvalue weighted by Crippen LogP contribution is -2.37. The molecule has 1 rings (SSSR count). The zero-order valence-corrected chi connectivity index (χ0v) is 13.1. The van der Waals surface area contributed by atoms with Gasteiger partial charge < -0.3 is 15.5 Å². The summed E-state index contributed by atoms with van der Waals surface area (Å²) in [7, 11) is 0. The molecule has 2 amide bonds. The molecule has 1 aromatic carbocycles. The molecule has 5 heteroatoms. The minimum Gasteiger partial charge on any atom is -0.337 e. The van der Waals surface area contributed by atoms with Gasteiger partial charge in [-0.3, -0.25) is 4.79 Å². The minimum absolute atomic E-state index is 0.0154. The van der Waals surface area contributed by atoms with E-state index in [-0.39, 0.29) is 11.8 Å². The normalized spacial score (nSPS) is 10.5. The second-order valence-electron chi connectivity index (χ2n) is 4.95. The van der Waals surface area contributed by atoms with Crippen LogP contribution in [-0.4, -0.2) is 42.9 Å². The first-order valence-corrected chi connectivity index (χ1v) is 7.45. The maximum atomic E-state index is 11.8. The fourth-order valence-electron chi connectivity index (χ4n) is 2.04. The summed E-state index contributed by atoms with van der Waals surface area (Å²) >= 11 is 0. The van der Waals surface area contributed by atoms with Gasteiger partial charge in [0.15, 0.2) is 5.78 Å². The molecule has 116 valence electrons. The summed E-state index contributed by atoms with van der Waals surface area (Å²) in [6.45, 7) is 9.28. The number of urea groups is 1. The van der Waals surface area contributed by atoms with Crippen molar-refractivity contribution in [3.8, 4) is 0 Å². The lowest BCUT2D eigenvalue weighted by atomic mass is 10.1. The number of benzene rings is 1. The van der Waals surface area contributed by atoms with Crippen molar-refractivity contribution >= 4 is 17.5 Å². The quantitative estimate of drug-likeness (QED) is 0.724. The van der Waals surface area contributed by atoms with E-state index in [1.807, 2.05) is 0 Å². The maximum Gasteiger partial charge on any atom is 0.319 e. The molecule has 0 atom stereocenters. The standard InChI is InChI=1S/C16H25N3O2/c1-4-11-19(5-2)12-10-17-16(21)18-15-8-6-14(7-9-15)13(3)20/h6-9H,4-5,10-12H2,1-3H3,(H2,17,18,21). The smallest absolute Gasteiger partial charge is 0.319 e. The van der Waals surface area contributed by atoms with Gasteiger partial charge >= 0.3 is 6.03 Å². The Morgan fingerprint density at radius 1 is 1.10 bits per heavy atom. The fraction of sp³-hybridized carbons (Fsp3) is 0.500. The maximum absolute atomic E-state index is 11.8. The van der Waals surface area contributed by atoms with Gasteiger partial charge in [0.25, 0.3) is 0 Å². The summed E-state index contributed by atoms with van der Waals surface area (Å²) in [5, 5.41) is 5.59. The predicted octanol–water partition coefficient (Wildman–Crippen LogP) is 2.74. The Balaban J connectivity index is 2.34. The lowest BCUT2D eigenvalue weighted by molar-refractivity contribution is 0.101. The number of Topliss-reactive ketones (excluding diaryl/α,β-unsaturated/α-hetero) is 1. The average Bonchev–Trinajstić information content (AvgIpc) is 2.46. The highest BCUT2D eigenvalue weighted by atomic mass is 16.2. The summed E-state index contributed by atoms with van der Waals surface area (Å²) in [5.74, 6) is 0.0154. The number of carbonyl (C=O) groups is 2. The number of hydrogen-bond donors (Lipinski definition) is 2. The van der Waals surface area contributed by atoms with Crippen LogP contribution in [0.4, 0.5) is 10.5 Å². The van der Waals surface area contributed by atoms with Crippen LogP contribution in [0.25, 0.3) is 0 Å². The number of hydrogen-bond acceptors (Lipinski definition) is 3. The zero-order valence-electron chi connectivity index (χ0n) is 13.1. The Morgan fingerprint density at radius 2 is 1.76 bits per heavy atom. The van der Waals surface area contributed by atoms with Crippen molar-refractivity contribution in [2.45, 2.75) is 27.2 Å². The van der Waals surface area contributed by atoms with Crippen molar-refractivity contribution in [1.29, 1.82) is 0 Å². The molecule has 21 heavy (non-hydrogen) atoms. The van der Waals surface area contributed by atoms with E-state index >= 15 is 0 Å². The molecule has 0 unspecified atom stereocenters. The largest absolute Gasteiger partial charge is 0.337 e. The molecule has 0 spiro atoms. The Labute approximate surface area is 126 Å². The third-order valence-corrected chi connectivity index (χ3v) is 3.25. The van der Waals surface area contributed by atoms with Crippen LogP contribution in [0.1, 0.15) is 37.6 Å². The number of nitrogens with zero attached hydrogens (tertiary/aromatic N) is 1. The molecule has 1 aromatic rings. The molecule has 0 aliphatic heterocycles.